The van der Waals surface area contributed by atoms with Crippen LogP contribution in [-0.4, -0.2) is 50.7 Å². The van der Waals surface area contributed by atoms with Crippen molar-refractivity contribution in [3.63, 3.8) is 0 Å². The fraction of sp³-hybridized carbons (Fsp3) is 0.321. The highest BCUT2D eigenvalue weighted by Crippen LogP contribution is 2.56. The number of methoxy groups -OCH3 is 3. The number of nitrogens with zero attached hydrogens (tertiary/aromatic N) is 1. The van der Waals surface area contributed by atoms with Crippen molar-refractivity contribution in [1.29, 1.82) is 0 Å². The Bertz CT molecular complexity index is 1500. The first-order valence-electron chi connectivity index (χ1n) is 12.5. The maximum absolute atomic E-state index is 13.3. The van der Waals surface area contributed by atoms with Crippen LogP contribution in [0.2, 0.25) is 0 Å². The minimum absolute atomic E-state index is 0.0424. The summed E-state index contributed by atoms with van der Waals surface area (Å²) >= 11 is 0. The van der Waals surface area contributed by atoms with Crippen LogP contribution in [0, 0.1) is 22.0 Å². The predicted octanol–water partition coefficient (Wildman–Crippen LogP) is 4.14. The van der Waals surface area contributed by atoms with Crippen molar-refractivity contribution in [2.75, 3.05) is 40.0 Å². The molecule has 3 aliphatic rings. The normalized spacial score (nSPS) is 22.1. The maximum Gasteiger partial charge on any atom is 0.310 e. The first-order valence-corrected chi connectivity index (χ1v) is 12.5. The van der Waals surface area contributed by atoms with Gasteiger partial charge in [-0.15, -0.1) is 0 Å². The third-order valence-corrected chi connectivity index (χ3v) is 7.76. The molecule has 1 saturated heterocycles. The predicted molar refractivity (Wildman–Crippen MR) is 140 cm³/mol. The molecule has 0 saturated carbocycles. The topological polar surface area (TPSA) is 148 Å². The van der Waals surface area contributed by atoms with Crippen molar-refractivity contribution in [1.82, 2.24) is 0 Å². The van der Waals surface area contributed by atoms with Crippen molar-refractivity contribution in [3.8, 4) is 34.5 Å². The van der Waals surface area contributed by atoms with Gasteiger partial charge in [-0.1, -0.05) is 0 Å². The Labute approximate surface area is 228 Å². The number of hydrogen-bond acceptors (Lipinski definition) is 11. The van der Waals surface area contributed by atoms with Crippen molar-refractivity contribution in [2.45, 2.75) is 12.0 Å². The lowest BCUT2D eigenvalue weighted by molar-refractivity contribution is -0.384. The average Bonchev–Trinajstić information content (AvgIpc) is 3.58. The first kappa shape index (κ1) is 25.4. The zero-order chi connectivity index (χ0) is 28.1. The van der Waals surface area contributed by atoms with Crippen molar-refractivity contribution in [2.24, 2.45) is 11.8 Å². The van der Waals surface area contributed by atoms with Gasteiger partial charge in [-0.2, -0.15) is 0 Å². The Kier molecular flexibility index (Phi) is 6.16. The van der Waals surface area contributed by atoms with Crippen LogP contribution in [0.25, 0.3) is 0 Å². The molecule has 6 rings (SSSR count). The molecular weight excluding hydrogens is 524 g/mol. The number of nitrogens with one attached hydrogen (secondary N) is 1. The lowest BCUT2D eigenvalue weighted by Crippen LogP contribution is -2.37. The number of cyclic esters (lactones) is 1. The van der Waals surface area contributed by atoms with Crippen LogP contribution >= 0.6 is 0 Å². The second-order valence-corrected chi connectivity index (χ2v) is 9.67. The van der Waals surface area contributed by atoms with Crippen LogP contribution in [0.15, 0.2) is 42.5 Å². The van der Waals surface area contributed by atoms with E-state index >= 15 is 0 Å². The summed E-state index contributed by atoms with van der Waals surface area (Å²) in [6.07, 6.45) is 0. The summed E-state index contributed by atoms with van der Waals surface area (Å²) in [5.74, 6) is -0.401. The monoisotopic (exact) mass is 550 g/mol. The Morgan fingerprint density at radius 2 is 1.62 bits per heavy atom. The van der Waals surface area contributed by atoms with Gasteiger partial charge in [0.15, 0.2) is 23.0 Å². The highest BCUT2D eigenvalue weighted by molar-refractivity contribution is 5.79. The van der Waals surface area contributed by atoms with E-state index in [1.165, 1.54) is 27.4 Å². The molecule has 1 fully saturated rings. The number of rotatable bonds is 7. The van der Waals surface area contributed by atoms with Gasteiger partial charge in [0.1, 0.15) is 11.4 Å². The molecule has 12 heteroatoms. The minimum atomic E-state index is -0.665. The second-order valence-electron chi connectivity index (χ2n) is 9.67. The summed E-state index contributed by atoms with van der Waals surface area (Å²) in [5, 5.41) is 25.8. The number of benzene rings is 3. The lowest BCUT2D eigenvalue weighted by Gasteiger charge is -2.39. The Morgan fingerprint density at radius 1 is 0.950 bits per heavy atom. The SMILES string of the molecule is COc1ccc(N[C@@H]2c3cc4c(cc3[C@@H](c3cc(OC)c(O)c(OC)c3)[C@H]3C(=O)OC[C@@H]32)OCO4)c([N+](=O)[O-])c1. The number of ether oxygens (including phenoxy) is 6. The number of nitro groups is 1. The molecule has 12 nitrogen and oxygen atoms in total. The third-order valence-electron chi connectivity index (χ3n) is 7.76. The molecule has 2 aliphatic heterocycles. The van der Waals surface area contributed by atoms with Gasteiger partial charge in [-0.3, -0.25) is 14.9 Å². The third kappa shape index (κ3) is 3.94. The molecule has 0 bridgehead atoms. The number of carbonyl (C=O) groups excluding carboxylic acids is 1. The van der Waals surface area contributed by atoms with Crippen molar-refractivity contribution in [3.05, 3.63) is 69.3 Å². The van der Waals surface area contributed by atoms with Crippen LogP contribution in [0.1, 0.15) is 28.7 Å². The summed E-state index contributed by atoms with van der Waals surface area (Å²) < 4.78 is 32.9. The molecule has 40 heavy (non-hydrogen) atoms. The van der Waals surface area contributed by atoms with E-state index in [4.69, 9.17) is 28.4 Å². The van der Waals surface area contributed by atoms with E-state index in [1.54, 1.807) is 24.3 Å². The molecule has 1 aliphatic carbocycles. The quantitative estimate of drug-likeness (QED) is 0.248. The molecule has 208 valence electrons. The van der Waals surface area contributed by atoms with Gasteiger partial charge in [0.05, 0.1) is 50.9 Å². The van der Waals surface area contributed by atoms with Gasteiger partial charge in [0.2, 0.25) is 12.5 Å². The Hall–Kier alpha value is -4.87. The highest BCUT2D eigenvalue weighted by atomic mass is 16.7. The summed E-state index contributed by atoms with van der Waals surface area (Å²) in [5.41, 5.74) is 2.27. The fourth-order valence-corrected chi connectivity index (χ4v) is 5.92. The largest absolute Gasteiger partial charge is 0.502 e. The number of nitro benzene ring substituents is 1. The zero-order valence-electron chi connectivity index (χ0n) is 21.8. The molecule has 0 aromatic heterocycles. The second kappa shape index (κ2) is 9.70. The number of anilines is 1. The van der Waals surface area contributed by atoms with Crippen molar-refractivity contribution >= 4 is 17.3 Å². The first-order chi connectivity index (χ1) is 19.3. The summed E-state index contributed by atoms with van der Waals surface area (Å²) in [6, 6.07) is 11.0. The number of hydrogen-bond donors (Lipinski definition) is 2. The van der Waals surface area contributed by atoms with Crippen molar-refractivity contribution < 1.29 is 43.2 Å². The fourth-order valence-electron chi connectivity index (χ4n) is 5.92. The molecule has 3 aromatic carbocycles. The molecule has 2 heterocycles. The van der Waals surface area contributed by atoms with E-state index in [9.17, 15) is 20.0 Å². The molecule has 0 radical (unpaired) electrons. The van der Waals surface area contributed by atoms with E-state index in [0.717, 1.165) is 11.1 Å². The molecule has 0 amide bonds. The van der Waals surface area contributed by atoms with E-state index in [1.807, 2.05) is 12.1 Å². The number of aromatic hydroxyl groups is 1. The summed E-state index contributed by atoms with van der Waals surface area (Å²) in [6.45, 7) is 0.141. The van der Waals surface area contributed by atoms with Crippen LogP contribution in [0.5, 0.6) is 34.5 Å². The Balaban J connectivity index is 1.55. The molecule has 2 N–H and O–H groups in total. The number of esters is 1. The van der Waals surface area contributed by atoms with Gasteiger partial charge in [-0.25, -0.2) is 0 Å². The summed E-state index contributed by atoms with van der Waals surface area (Å²) in [7, 11) is 4.30. The van der Waals surface area contributed by atoms with Crippen LogP contribution < -0.4 is 29.0 Å². The standard InChI is InChI=1S/C28H26N2O10/c1-35-14-4-5-18(19(8-14)30(33)34)29-26-16-10-21-20(39-12-40-21)9-15(16)24(25-17(26)11-38-28(25)32)13-6-22(36-2)27(31)23(7-13)37-3/h4-10,17,24-26,29,31H,11-12H2,1-3H3/t17-,24+,25-,26+/m0/s1. The van der Waals surface area contributed by atoms with Crippen LogP contribution in [0.4, 0.5) is 11.4 Å². The number of phenolic OH excluding ortho intramolecular Hbond substituents is 1. The summed E-state index contributed by atoms with van der Waals surface area (Å²) in [4.78, 5) is 24.8. The van der Waals surface area contributed by atoms with Gasteiger partial charge in [0, 0.05) is 11.8 Å². The molecular formula is C28H26N2O10. The van der Waals surface area contributed by atoms with Gasteiger partial charge < -0.3 is 38.8 Å². The molecule has 4 atom stereocenters. The lowest BCUT2D eigenvalue weighted by atomic mass is 9.65. The van der Waals surface area contributed by atoms with E-state index in [0.29, 0.717) is 22.8 Å². The average molecular weight is 551 g/mol. The molecule has 0 spiro atoms. The van der Waals surface area contributed by atoms with E-state index in [-0.39, 0.29) is 42.0 Å². The molecule has 0 unspecified atom stereocenters. The van der Waals surface area contributed by atoms with Gasteiger partial charge in [0.25, 0.3) is 5.69 Å². The molecule has 3 aromatic rings. The number of carbonyl (C=O) groups is 1. The minimum Gasteiger partial charge on any atom is -0.502 e. The van der Waals surface area contributed by atoms with Crippen LogP contribution in [-0.2, 0) is 9.53 Å². The van der Waals surface area contributed by atoms with Crippen LogP contribution in [0.3, 0.4) is 0 Å². The van der Waals surface area contributed by atoms with E-state index in [2.05, 4.69) is 5.32 Å². The van der Waals surface area contributed by atoms with Gasteiger partial charge in [-0.05, 0) is 53.1 Å². The van der Waals surface area contributed by atoms with Gasteiger partial charge >= 0.3 is 5.97 Å². The van der Waals surface area contributed by atoms with E-state index < -0.39 is 34.7 Å². The Morgan fingerprint density at radius 3 is 2.25 bits per heavy atom. The highest BCUT2D eigenvalue weighted by Gasteiger charge is 2.53. The number of phenols is 1. The number of fused-ring (bicyclic) bond motifs is 3. The maximum atomic E-state index is 13.3. The zero-order valence-corrected chi connectivity index (χ0v) is 21.8. The smallest absolute Gasteiger partial charge is 0.310 e.